The number of fused-ring (bicyclic) bond motifs is 1. The van der Waals surface area contributed by atoms with Crippen molar-refractivity contribution in [3.63, 3.8) is 0 Å². The van der Waals surface area contributed by atoms with E-state index in [2.05, 4.69) is 46.8 Å². The zero-order valence-corrected chi connectivity index (χ0v) is 20.8. The SMILES string of the molecule is CC(=O)N1c2c(cc(Br)cc2S(=O)(=O)N2CCN(c3cccc(C)c3C)CC2)CC1C. The minimum absolute atomic E-state index is 0.0584. The van der Waals surface area contributed by atoms with E-state index >= 15 is 0 Å². The Balaban J connectivity index is 1.64. The highest BCUT2D eigenvalue weighted by molar-refractivity contribution is 9.10. The van der Waals surface area contributed by atoms with Crippen molar-refractivity contribution in [2.75, 3.05) is 36.0 Å². The van der Waals surface area contributed by atoms with Gasteiger partial charge in [0.05, 0.1) is 5.69 Å². The maximum atomic E-state index is 13.7. The number of amides is 1. The van der Waals surface area contributed by atoms with Crippen molar-refractivity contribution >= 4 is 43.2 Å². The van der Waals surface area contributed by atoms with E-state index in [0.29, 0.717) is 38.3 Å². The van der Waals surface area contributed by atoms with Crippen LogP contribution in [-0.2, 0) is 21.2 Å². The number of halogens is 1. The molecule has 0 aromatic heterocycles. The average molecular weight is 506 g/mol. The molecule has 2 aromatic carbocycles. The summed E-state index contributed by atoms with van der Waals surface area (Å²) in [6.07, 6.45) is 0.650. The molecule has 2 aromatic rings. The highest BCUT2D eigenvalue weighted by Crippen LogP contribution is 2.41. The molecule has 0 radical (unpaired) electrons. The van der Waals surface area contributed by atoms with Gasteiger partial charge in [-0.1, -0.05) is 28.1 Å². The summed E-state index contributed by atoms with van der Waals surface area (Å²) in [5.74, 6) is -0.134. The Morgan fingerprint density at radius 1 is 1.10 bits per heavy atom. The predicted molar refractivity (Wildman–Crippen MR) is 127 cm³/mol. The first-order valence-electron chi connectivity index (χ1n) is 10.5. The fourth-order valence-corrected chi connectivity index (χ4v) is 7.07. The molecule has 4 rings (SSSR count). The van der Waals surface area contributed by atoms with Crippen LogP contribution in [-0.4, -0.2) is 50.9 Å². The largest absolute Gasteiger partial charge is 0.369 e. The first-order valence-corrected chi connectivity index (χ1v) is 12.8. The van der Waals surface area contributed by atoms with E-state index in [-0.39, 0.29) is 16.8 Å². The van der Waals surface area contributed by atoms with Crippen LogP contribution in [0.4, 0.5) is 11.4 Å². The Bertz CT molecular complexity index is 1140. The molecule has 8 heteroatoms. The van der Waals surface area contributed by atoms with Crippen LogP contribution < -0.4 is 9.80 Å². The van der Waals surface area contributed by atoms with Crippen LogP contribution >= 0.6 is 15.9 Å². The second kappa shape index (κ2) is 8.22. The lowest BCUT2D eigenvalue weighted by Gasteiger charge is -2.37. The van der Waals surface area contributed by atoms with E-state index in [4.69, 9.17) is 0 Å². The fraction of sp³-hybridized carbons (Fsp3) is 0.435. The van der Waals surface area contributed by atoms with Gasteiger partial charge in [-0.15, -0.1) is 0 Å². The number of anilines is 2. The molecule has 166 valence electrons. The number of piperazine rings is 1. The third-order valence-electron chi connectivity index (χ3n) is 6.43. The van der Waals surface area contributed by atoms with Gasteiger partial charge in [-0.05, 0) is 62.1 Å². The molecule has 1 saturated heterocycles. The molecule has 0 bridgehead atoms. The molecule has 2 heterocycles. The lowest BCUT2D eigenvalue weighted by molar-refractivity contribution is -0.116. The number of benzene rings is 2. The summed E-state index contributed by atoms with van der Waals surface area (Å²) in [5, 5.41) is 0. The number of sulfonamides is 1. The van der Waals surface area contributed by atoms with Crippen LogP contribution in [0, 0.1) is 13.8 Å². The van der Waals surface area contributed by atoms with E-state index in [9.17, 15) is 13.2 Å². The molecule has 0 spiro atoms. The van der Waals surface area contributed by atoms with Crippen molar-refractivity contribution < 1.29 is 13.2 Å². The van der Waals surface area contributed by atoms with Gasteiger partial charge < -0.3 is 9.80 Å². The number of carbonyl (C=O) groups excluding carboxylic acids is 1. The smallest absolute Gasteiger partial charge is 0.245 e. The van der Waals surface area contributed by atoms with Gasteiger partial charge in [-0.3, -0.25) is 4.79 Å². The zero-order chi connectivity index (χ0) is 22.5. The van der Waals surface area contributed by atoms with Crippen molar-refractivity contribution in [1.29, 1.82) is 0 Å². The number of nitrogens with zero attached hydrogens (tertiary/aromatic N) is 3. The van der Waals surface area contributed by atoms with E-state index in [1.165, 1.54) is 18.1 Å². The van der Waals surface area contributed by atoms with Crippen LogP contribution in [0.5, 0.6) is 0 Å². The second-order valence-electron chi connectivity index (χ2n) is 8.46. The molecule has 0 aliphatic carbocycles. The molecule has 2 aliphatic rings. The summed E-state index contributed by atoms with van der Waals surface area (Å²) in [5.41, 5.74) is 5.06. The van der Waals surface area contributed by atoms with Gasteiger partial charge in [-0.25, -0.2) is 8.42 Å². The first-order chi connectivity index (χ1) is 14.6. The van der Waals surface area contributed by atoms with Crippen molar-refractivity contribution in [2.45, 2.75) is 45.1 Å². The van der Waals surface area contributed by atoms with Crippen molar-refractivity contribution in [3.05, 3.63) is 51.5 Å². The van der Waals surface area contributed by atoms with Crippen LogP contribution in [0.1, 0.15) is 30.5 Å². The summed E-state index contributed by atoms with van der Waals surface area (Å²) in [6.45, 7) is 9.73. The number of rotatable bonds is 3. The molecule has 31 heavy (non-hydrogen) atoms. The van der Waals surface area contributed by atoms with Gasteiger partial charge in [0, 0.05) is 49.3 Å². The highest BCUT2D eigenvalue weighted by atomic mass is 79.9. The van der Waals surface area contributed by atoms with Gasteiger partial charge in [0.25, 0.3) is 0 Å². The van der Waals surface area contributed by atoms with Crippen LogP contribution in [0.2, 0.25) is 0 Å². The standard InChI is InChI=1S/C23H28BrN3O3S/c1-15-6-5-7-21(17(15)3)25-8-10-26(11-9-25)31(29,30)22-14-20(24)13-19-12-16(2)27(18(4)28)23(19)22/h5-7,13-14,16H,8-12H2,1-4H3. The molecule has 0 saturated carbocycles. The summed E-state index contributed by atoms with van der Waals surface area (Å²) in [4.78, 5) is 16.4. The predicted octanol–water partition coefficient (Wildman–Crippen LogP) is 3.87. The minimum Gasteiger partial charge on any atom is -0.369 e. The molecule has 1 atom stereocenters. The normalized spacial score (nSPS) is 19.6. The molecular weight excluding hydrogens is 478 g/mol. The Labute approximate surface area is 193 Å². The minimum atomic E-state index is -3.74. The molecule has 0 N–H and O–H groups in total. The van der Waals surface area contributed by atoms with Crippen LogP contribution in [0.3, 0.4) is 0 Å². The summed E-state index contributed by atoms with van der Waals surface area (Å²) >= 11 is 3.47. The van der Waals surface area contributed by atoms with Gasteiger partial charge in [0.1, 0.15) is 4.90 Å². The molecule has 1 fully saturated rings. The molecule has 1 amide bonds. The third-order valence-corrected chi connectivity index (χ3v) is 8.80. The molecule has 6 nitrogen and oxygen atoms in total. The molecule has 2 aliphatic heterocycles. The monoisotopic (exact) mass is 505 g/mol. The van der Waals surface area contributed by atoms with Gasteiger partial charge >= 0.3 is 0 Å². The average Bonchev–Trinajstić information content (AvgIpc) is 3.05. The van der Waals surface area contributed by atoms with Gasteiger partial charge in [0.15, 0.2) is 0 Å². The van der Waals surface area contributed by atoms with E-state index in [1.54, 1.807) is 15.3 Å². The zero-order valence-electron chi connectivity index (χ0n) is 18.4. The Morgan fingerprint density at radius 3 is 2.42 bits per heavy atom. The maximum Gasteiger partial charge on any atom is 0.245 e. The first kappa shape index (κ1) is 22.3. The Morgan fingerprint density at radius 2 is 1.77 bits per heavy atom. The topological polar surface area (TPSA) is 60.9 Å². The summed E-state index contributed by atoms with van der Waals surface area (Å²) in [7, 11) is -3.74. The van der Waals surface area contributed by atoms with E-state index in [0.717, 1.165) is 15.7 Å². The van der Waals surface area contributed by atoms with Crippen LogP contribution in [0.15, 0.2) is 39.7 Å². The number of carbonyl (C=O) groups is 1. The highest BCUT2D eigenvalue weighted by Gasteiger charge is 2.38. The quantitative estimate of drug-likeness (QED) is 0.634. The van der Waals surface area contributed by atoms with E-state index < -0.39 is 10.0 Å². The molecular formula is C23H28BrN3O3S. The number of hydrogen-bond donors (Lipinski definition) is 0. The van der Waals surface area contributed by atoms with Crippen LogP contribution in [0.25, 0.3) is 0 Å². The van der Waals surface area contributed by atoms with E-state index in [1.807, 2.05) is 19.1 Å². The van der Waals surface area contributed by atoms with Gasteiger partial charge in [-0.2, -0.15) is 4.31 Å². The summed E-state index contributed by atoms with van der Waals surface area (Å²) < 4.78 is 29.6. The molecule has 1 unspecified atom stereocenters. The van der Waals surface area contributed by atoms with Crippen molar-refractivity contribution in [2.24, 2.45) is 0 Å². The summed E-state index contributed by atoms with van der Waals surface area (Å²) in [6, 6.07) is 9.74. The fourth-order valence-electron chi connectivity index (χ4n) is 4.74. The maximum absolute atomic E-state index is 13.7. The Kier molecular flexibility index (Phi) is 5.91. The van der Waals surface area contributed by atoms with Crippen molar-refractivity contribution in [3.8, 4) is 0 Å². The Hall–Kier alpha value is -1.90. The number of aryl methyl sites for hydroxylation is 1. The van der Waals surface area contributed by atoms with Gasteiger partial charge in [0.2, 0.25) is 15.9 Å². The third kappa shape index (κ3) is 3.90. The van der Waals surface area contributed by atoms with Crippen molar-refractivity contribution in [1.82, 2.24) is 4.31 Å². The lowest BCUT2D eigenvalue weighted by atomic mass is 10.1. The number of hydrogen-bond acceptors (Lipinski definition) is 4. The lowest BCUT2D eigenvalue weighted by Crippen LogP contribution is -2.49. The second-order valence-corrected chi connectivity index (χ2v) is 11.3.